The Labute approximate surface area is 112 Å². The van der Waals surface area contributed by atoms with E-state index in [1.165, 1.54) is 31.5 Å². The molecule has 5 heteroatoms. The van der Waals surface area contributed by atoms with Gasteiger partial charge in [0, 0.05) is 12.7 Å². The Balaban J connectivity index is 1.95. The molecule has 4 nitrogen and oxygen atoms in total. The Bertz CT molecular complexity index is 464. The molecule has 1 fully saturated rings. The number of hydrogen-bond donors (Lipinski definition) is 2. The summed E-state index contributed by atoms with van der Waals surface area (Å²) in [4.78, 5) is 15.5. The first-order chi connectivity index (χ1) is 9.09. The van der Waals surface area contributed by atoms with Gasteiger partial charge in [-0.3, -0.25) is 4.79 Å². The van der Waals surface area contributed by atoms with Crippen molar-refractivity contribution in [3.8, 4) is 0 Å². The van der Waals surface area contributed by atoms with Gasteiger partial charge in [-0.2, -0.15) is 0 Å². The van der Waals surface area contributed by atoms with E-state index in [2.05, 4.69) is 17.2 Å². The van der Waals surface area contributed by atoms with Gasteiger partial charge in [0.2, 0.25) is 0 Å². The Hall–Kier alpha value is -1.65. The van der Waals surface area contributed by atoms with Crippen LogP contribution in [0.1, 0.15) is 43.0 Å². The number of carbonyl (C=O) groups excluding carboxylic acids is 1. The van der Waals surface area contributed by atoms with Gasteiger partial charge >= 0.3 is 0 Å². The highest BCUT2D eigenvalue weighted by molar-refractivity contribution is 5.95. The summed E-state index contributed by atoms with van der Waals surface area (Å²) in [5.41, 5.74) is 5.32. The zero-order valence-corrected chi connectivity index (χ0v) is 11.2. The van der Waals surface area contributed by atoms with Crippen LogP contribution < -0.4 is 11.1 Å². The number of nitrogens with zero attached hydrogens (tertiary/aromatic N) is 1. The zero-order chi connectivity index (χ0) is 13.8. The monoisotopic (exact) mass is 265 g/mol. The molecule has 3 N–H and O–H groups in total. The molecule has 0 aliphatic heterocycles. The van der Waals surface area contributed by atoms with Crippen LogP contribution in [0.5, 0.6) is 0 Å². The first-order valence-corrected chi connectivity index (χ1v) is 6.77. The summed E-state index contributed by atoms with van der Waals surface area (Å²) in [6.07, 6.45) is 6.15. The smallest absolute Gasteiger partial charge is 0.254 e. The molecule has 1 aliphatic carbocycles. The van der Waals surface area contributed by atoms with Crippen LogP contribution in [0.4, 0.5) is 10.2 Å². The molecule has 0 aromatic carbocycles. The molecule has 1 aromatic heterocycles. The fraction of sp³-hybridized carbons (Fsp3) is 0.571. The molecule has 2 atom stereocenters. The summed E-state index contributed by atoms with van der Waals surface area (Å²) in [5, 5.41) is 2.80. The molecular weight excluding hydrogens is 245 g/mol. The van der Waals surface area contributed by atoms with Gasteiger partial charge in [-0.15, -0.1) is 0 Å². The highest BCUT2D eigenvalue weighted by Gasteiger charge is 2.22. The molecule has 1 aliphatic rings. The third-order valence-corrected chi connectivity index (χ3v) is 3.97. The minimum absolute atomic E-state index is 0.0315. The van der Waals surface area contributed by atoms with Crippen molar-refractivity contribution in [2.24, 2.45) is 11.8 Å². The van der Waals surface area contributed by atoms with Crippen molar-refractivity contribution in [2.45, 2.75) is 32.6 Å². The largest absolute Gasteiger partial charge is 0.381 e. The number of hydrogen-bond acceptors (Lipinski definition) is 3. The molecule has 0 spiro atoms. The van der Waals surface area contributed by atoms with Crippen molar-refractivity contribution in [1.29, 1.82) is 0 Å². The van der Waals surface area contributed by atoms with Crippen molar-refractivity contribution in [1.82, 2.24) is 10.3 Å². The SMILES string of the molecule is CC1CCCCC1CNC(=O)c1ccnc(N)c1F. The summed E-state index contributed by atoms with van der Waals surface area (Å²) < 4.78 is 13.6. The minimum atomic E-state index is -0.739. The van der Waals surface area contributed by atoms with E-state index in [0.717, 1.165) is 6.42 Å². The lowest BCUT2D eigenvalue weighted by atomic mass is 9.80. The van der Waals surface area contributed by atoms with Crippen LogP contribution in [0.2, 0.25) is 0 Å². The minimum Gasteiger partial charge on any atom is -0.381 e. The summed E-state index contributed by atoms with van der Waals surface area (Å²) in [5.74, 6) is -0.291. The average molecular weight is 265 g/mol. The van der Waals surface area contributed by atoms with E-state index in [1.54, 1.807) is 0 Å². The van der Waals surface area contributed by atoms with Gasteiger partial charge in [-0.1, -0.05) is 26.2 Å². The van der Waals surface area contributed by atoms with E-state index in [0.29, 0.717) is 18.4 Å². The lowest BCUT2D eigenvalue weighted by Gasteiger charge is -2.28. The van der Waals surface area contributed by atoms with Crippen LogP contribution in [0.15, 0.2) is 12.3 Å². The number of rotatable bonds is 3. The van der Waals surface area contributed by atoms with Crippen LogP contribution in [0, 0.1) is 17.7 Å². The van der Waals surface area contributed by atoms with Crippen LogP contribution in [-0.2, 0) is 0 Å². The lowest BCUT2D eigenvalue weighted by molar-refractivity contribution is 0.0932. The van der Waals surface area contributed by atoms with Crippen molar-refractivity contribution in [3.05, 3.63) is 23.6 Å². The number of nitrogens with one attached hydrogen (secondary N) is 1. The standard InChI is InChI=1S/C14H20FN3O/c1-9-4-2-3-5-10(9)8-18-14(19)11-6-7-17-13(16)12(11)15/h6-7,9-10H,2-5,8H2,1H3,(H2,16,17)(H,18,19). The van der Waals surface area contributed by atoms with Gasteiger partial charge < -0.3 is 11.1 Å². The van der Waals surface area contributed by atoms with E-state index in [4.69, 9.17) is 5.73 Å². The second kappa shape index (κ2) is 5.99. The highest BCUT2D eigenvalue weighted by atomic mass is 19.1. The first kappa shape index (κ1) is 13.8. The van der Waals surface area contributed by atoms with Crippen LogP contribution in [0.25, 0.3) is 0 Å². The Kier molecular flexibility index (Phi) is 4.35. The molecule has 0 bridgehead atoms. The van der Waals surface area contributed by atoms with Gasteiger partial charge in [-0.25, -0.2) is 9.37 Å². The number of amides is 1. The van der Waals surface area contributed by atoms with Crippen LogP contribution in [0.3, 0.4) is 0 Å². The molecular formula is C14H20FN3O. The quantitative estimate of drug-likeness (QED) is 0.881. The maximum atomic E-state index is 13.6. The number of nitrogens with two attached hydrogens (primary N) is 1. The van der Waals surface area contributed by atoms with E-state index in [9.17, 15) is 9.18 Å². The zero-order valence-electron chi connectivity index (χ0n) is 11.2. The summed E-state index contributed by atoms with van der Waals surface area (Å²) in [6.45, 7) is 2.81. The van der Waals surface area contributed by atoms with Gasteiger partial charge in [0.1, 0.15) is 0 Å². The fourth-order valence-electron chi connectivity index (χ4n) is 2.65. The van der Waals surface area contributed by atoms with E-state index >= 15 is 0 Å². The number of nitrogen functional groups attached to an aromatic ring is 1. The Morgan fingerprint density at radius 3 is 3.00 bits per heavy atom. The predicted octanol–water partition coefficient (Wildman–Crippen LogP) is 2.36. The van der Waals surface area contributed by atoms with E-state index in [-0.39, 0.29) is 11.4 Å². The van der Waals surface area contributed by atoms with Crippen molar-refractivity contribution in [3.63, 3.8) is 0 Å². The third kappa shape index (κ3) is 3.22. The fourth-order valence-corrected chi connectivity index (χ4v) is 2.65. The molecule has 19 heavy (non-hydrogen) atoms. The molecule has 104 valence electrons. The molecule has 0 radical (unpaired) electrons. The second-order valence-corrected chi connectivity index (χ2v) is 5.29. The van der Waals surface area contributed by atoms with Crippen molar-refractivity contribution >= 4 is 11.7 Å². The molecule has 2 rings (SSSR count). The van der Waals surface area contributed by atoms with Gasteiger partial charge in [0.05, 0.1) is 5.56 Å². The van der Waals surface area contributed by atoms with Gasteiger partial charge in [0.15, 0.2) is 11.6 Å². The van der Waals surface area contributed by atoms with Crippen molar-refractivity contribution < 1.29 is 9.18 Å². The molecule has 1 heterocycles. The summed E-state index contributed by atoms with van der Waals surface area (Å²) in [7, 11) is 0. The number of aromatic nitrogens is 1. The predicted molar refractivity (Wildman–Crippen MR) is 72.1 cm³/mol. The lowest BCUT2D eigenvalue weighted by Crippen LogP contribution is -2.34. The normalized spacial score (nSPS) is 23.1. The first-order valence-electron chi connectivity index (χ1n) is 6.77. The Morgan fingerprint density at radius 2 is 2.26 bits per heavy atom. The van der Waals surface area contributed by atoms with Gasteiger partial charge in [-0.05, 0) is 24.3 Å². The third-order valence-electron chi connectivity index (χ3n) is 3.97. The maximum Gasteiger partial charge on any atom is 0.254 e. The molecule has 1 saturated carbocycles. The molecule has 1 amide bonds. The molecule has 0 saturated heterocycles. The maximum absolute atomic E-state index is 13.6. The highest BCUT2D eigenvalue weighted by Crippen LogP contribution is 2.28. The summed E-state index contributed by atoms with van der Waals surface area (Å²) in [6, 6.07) is 1.35. The molecule has 2 unspecified atom stereocenters. The Morgan fingerprint density at radius 1 is 1.53 bits per heavy atom. The van der Waals surface area contributed by atoms with E-state index in [1.807, 2.05) is 0 Å². The topological polar surface area (TPSA) is 68.0 Å². The van der Waals surface area contributed by atoms with E-state index < -0.39 is 11.7 Å². The average Bonchev–Trinajstić information content (AvgIpc) is 2.40. The molecule has 1 aromatic rings. The van der Waals surface area contributed by atoms with Crippen LogP contribution >= 0.6 is 0 Å². The van der Waals surface area contributed by atoms with Crippen LogP contribution in [-0.4, -0.2) is 17.4 Å². The number of pyridine rings is 1. The number of carbonyl (C=O) groups is 1. The number of anilines is 1. The number of halogens is 1. The summed E-state index contributed by atoms with van der Waals surface area (Å²) >= 11 is 0. The second-order valence-electron chi connectivity index (χ2n) is 5.29. The van der Waals surface area contributed by atoms with Crippen molar-refractivity contribution in [2.75, 3.05) is 12.3 Å². The van der Waals surface area contributed by atoms with Gasteiger partial charge in [0.25, 0.3) is 5.91 Å².